The molecule has 0 saturated carbocycles. The Morgan fingerprint density at radius 3 is 2.36 bits per heavy atom. The summed E-state index contributed by atoms with van der Waals surface area (Å²) >= 11 is 0. The molecular weight excluding hydrogens is 188 g/mol. The second-order valence-corrected chi connectivity index (χ2v) is 3.04. The predicted molar refractivity (Wildman–Crippen MR) is 48.6 cm³/mol. The molecule has 0 rings (SSSR count). The first-order valence-corrected chi connectivity index (χ1v) is 4.10. The van der Waals surface area contributed by atoms with Crippen LogP contribution in [0.15, 0.2) is 12.2 Å². The Bertz CT molecular complexity index is 246. The Morgan fingerprint density at radius 2 is 2.00 bits per heavy atom. The molecule has 0 spiro atoms. The lowest BCUT2D eigenvalue weighted by molar-refractivity contribution is -0.160. The molecule has 80 valence electrons. The number of aliphatic hydroxyl groups excluding tert-OH is 1. The number of esters is 1. The number of hydrogen-bond acceptors (Lipinski definition) is 4. The van der Waals surface area contributed by atoms with Crippen molar-refractivity contribution in [2.75, 3.05) is 0 Å². The van der Waals surface area contributed by atoms with Crippen LogP contribution in [0.5, 0.6) is 0 Å². The van der Waals surface area contributed by atoms with Crippen molar-refractivity contribution in [3.05, 3.63) is 12.2 Å². The van der Waals surface area contributed by atoms with Gasteiger partial charge in [-0.1, -0.05) is 6.58 Å². The summed E-state index contributed by atoms with van der Waals surface area (Å²) in [5.74, 6) is -2.19. The summed E-state index contributed by atoms with van der Waals surface area (Å²) < 4.78 is 4.72. The van der Waals surface area contributed by atoms with Crippen molar-refractivity contribution in [2.24, 2.45) is 0 Å². The van der Waals surface area contributed by atoms with Crippen LogP contribution in [0.3, 0.4) is 0 Å². The third-order valence-electron chi connectivity index (χ3n) is 1.63. The molecule has 0 amide bonds. The quantitative estimate of drug-likeness (QED) is 0.495. The molecule has 0 heterocycles. The van der Waals surface area contributed by atoms with Crippen molar-refractivity contribution in [3.8, 4) is 0 Å². The summed E-state index contributed by atoms with van der Waals surface area (Å²) in [7, 11) is 0. The van der Waals surface area contributed by atoms with Gasteiger partial charge in [-0.05, 0) is 19.4 Å². The molecule has 0 radical (unpaired) electrons. The van der Waals surface area contributed by atoms with Crippen molar-refractivity contribution in [2.45, 2.75) is 32.5 Å². The molecule has 0 bridgehead atoms. The summed E-state index contributed by atoms with van der Waals surface area (Å²) in [6.45, 7) is 6.81. The molecule has 2 unspecified atom stereocenters. The molecule has 0 fully saturated rings. The number of aliphatic carboxylic acids is 1. The Labute approximate surface area is 82.0 Å². The van der Waals surface area contributed by atoms with Gasteiger partial charge in [-0.25, -0.2) is 4.79 Å². The molecule has 0 aliphatic heterocycles. The van der Waals surface area contributed by atoms with Gasteiger partial charge in [0.25, 0.3) is 0 Å². The minimum Gasteiger partial charge on any atom is -0.481 e. The normalized spacial score (nSPS) is 14.2. The van der Waals surface area contributed by atoms with Gasteiger partial charge < -0.3 is 14.9 Å². The van der Waals surface area contributed by atoms with Gasteiger partial charge in [0.15, 0.2) is 6.10 Å². The lowest BCUT2D eigenvalue weighted by Crippen LogP contribution is -2.29. The minimum absolute atomic E-state index is 0.522. The van der Waals surface area contributed by atoms with E-state index < -0.39 is 30.6 Å². The molecule has 0 aromatic carbocycles. The molecular formula is C9H14O5. The smallest absolute Gasteiger partial charge is 0.336 e. The van der Waals surface area contributed by atoms with E-state index >= 15 is 0 Å². The number of carboxylic acid groups (broad SMARTS) is 1. The number of aliphatic hydroxyl groups is 1. The van der Waals surface area contributed by atoms with Gasteiger partial charge in [-0.2, -0.15) is 0 Å². The zero-order valence-electron chi connectivity index (χ0n) is 8.19. The van der Waals surface area contributed by atoms with Crippen molar-refractivity contribution >= 4 is 11.9 Å². The van der Waals surface area contributed by atoms with Crippen LogP contribution in [0.2, 0.25) is 0 Å². The van der Waals surface area contributed by atoms with E-state index in [1.165, 1.54) is 0 Å². The highest BCUT2D eigenvalue weighted by molar-refractivity contribution is 5.80. The maximum Gasteiger partial charge on any atom is 0.336 e. The number of hydrogen-bond donors (Lipinski definition) is 2. The zero-order chi connectivity index (χ0) is 11.3. The van der Waals surface area contributed by atoms with E-state index in [1.54, 1.807) is 13.8 Å². The van der Waals surface area contributed by atoms with Crippen molar-refractivity contribution in [1.29, 1.82) is 0 Å². The van der Waals surface area contributed by atoms with E-state index in [-0.39, 0.29) is 0 Å². The number of carbonyl (C=O) groups excluding carboxylic acids is 1. The summed E-state index contributed by atoms with van der Waals surface area (Å²) in [6.07, 6.45) is -2.79. The monoisotopic (exact) mass is 202 g/mol. The Morgan fingerprint density at radius 1 is 1.50 bits per heavy atom. The maximum absolute atomic E-state index is 11.0. The van der Waals surface area contributed by atoms with Gasteiger partial charge in [-0.3, -0.25) is 4.79 Å². The van der Waals surface area contributed by atoms with Gasteiger partial charge in [0, 0.05) is 0 Å². The average molecular weight is 202 g/mol. The van der Waals surface area contributed by atoms with E-state index in [0.717, 1.165) is 0 Å². The highest BCUT2D eigenvalue weighted by atomic mass is 16.6. The van der Waals surface area contributed by atoms with Crippen molar-refractivity contribution in [1.82, 2.24) is 0 Å². The molecule has 0 aromatic rings. The van der Waals surface area contributed by atoms with Crippen LogP contribution in [0.1, 0.15) is 20.3 Å². The predicted octanol–water partition coefficient (Wildman–Crippen LogP) is 0.330. The SMILES string of the molecule is C=C(C)C(C)OC(=O)C(O)CC(=O)O. The highest BCUT2D eigenvalue weighted by Crippen LogP contribution is 2.05. The molecule has 2 N–H and O–H groups in total. The lowest BCUT2D eigenvalue weighted by Gasteiger charge is -2.14. The summed E-state index contributed by atoms with van der Waals surface area (Å²) in [4.78, 5) is 21.2. The number of rotatable bonds is 5. The van der Waals surface area contributed by atoms with Gasteiger partial charge >= 0.3 is 11.9 Å². The summed E-state index contributed by atoms with van der Waals surface area (Å²) in [5, 5.41) is 17.3. The van der Waals surface area contributed by atoms with Crippen LogP contribution in [0.25, 0.3) is 0 Å². The van der Waals surface area contributed by atoms with Gasteiger partial charge in [0.05, 0.1) is 6.42 Å². The third kappa shape index (κ3) is 4.61. The second kappa shape index (κ2) is 5.39. The van der Waals surface area contributed by atoms with Crippen LogP contribution < -0.4 is 0 Å². The van der Waals surface area contributed by atoms with Crippen molar-refractivity contribution in [3.63, 3.8) is 0 Å². The molecule has 0 aromatic heterocycles. The Hall–Kier alpha value is -1.36. The van der Waals surface area contributed by atoms with E-state index in [4.69, 9.17) is 14.9 Å². The fourth-order valence-electron chi connectivity index (χ4n) is 0.602. The first-order valence-electron chi connectivity index (χ1n) is 4.10. The first kappa shape index (κ1) is 12.6. The maximum atomic E-state index is 11.0. The Kier molecular flexibility index (Phi) is 4.86. The van der Waals surface area contributed by atoms with Crippen molar-refractivity contribution < 1.29 is 24.5 Å². The van der Waals surface area contributed by atoms with Crippen LogP contribution >= 0.6 is 0 Å². The van der Waals surface area contributed by atoms with Crippen LogP contribution in [-0.2, 0) is 14.3 Å². The summed E-state index contributed by atoms with van der Waals surface area (Å²) in [6, 6.07) is 0. The number of carboxylic acids is 1. The second-order valence-electron chi connectivity index (χ2n) is 3.04. The van der Waals surface area contributed by atoms with Gasteiger partial charge in [-0.15, -0.1) is 0 Å². The van der Waals surface area contributed by atoms with Crippen LogP contribution in [-0.4, -0.2) is 34.4 Å². The van der Waals surface area contributed by atoms with E-state index in [0.29, 0.717) is 5.57 Å². The Balaban J connectivity index is 4.07. The topological polar surface area (TPSA) is 83.8 Å². The third-order valence-corrected chi connectivity index (χ3v) is 1.63. The van der Waals surface area contributed by atoms with Crippen LogP contribution in [0, 0.1) is 0 Å². The average Bonchev–Trinajstić information content (AvgIpc) is 2.02. The molecule has 5 heteroatoms. The lowest BCUT2D eigenvalue weighted by atomic mass is 10.2. The zero-order valence-corrected chi connectivity index (χ0v) is 8.19. The van der Waals surface area contributed by atoms with Gasteiger partial charge in [0.1, 0.15) is 6.10 Å². The number of carbonyl (C=O) groups is 2. The van der Waals surface area contributed by atoms with E-state index in [9.17, 15) is 9.59 Å². The fraction of sp³-hybridized carbons (Fsp3) is 0.556. The first-order chi connectivity index (χ1) is 6.34. The highest BCUT2D eigenvalue weighted by Gasteiger charge is 2.22. The largest absolute Gasteiger partial charge is 0.481 e. The number of ether oxygens (including phenoxy) is 1. The standard InChI is InChI=1S/C9H14O5/c1-5(2)6(3)14-9(13)7(10)4-8(11)12/h6-7,10H,1,4H2,2-3H3,(H,11,12). The summed E-state index contributed by atoms with van der Waals surface area (Å²) in [5.41, 5.74) is 0.626. The molecule has 0 aliphatic rings. The van der Waals surface area contributed by atoms with Crippen LogP contribution in [0.4, 0.5) is 0 Å². The molecule has 5 nitrogen and oxygen atoms in total. The minimum atomic E-state index is -1.62. The molecule has 0 aliphatic carbocycles. The van der Waals surface area contributed by atoms with E-state index in [2.05, 4.69) is 6.58 Å². The molecule has 0 saturated heterocycles. The molecule has 2 atom stereocenters. The molecule has 14 heavy (non-hydrogen) atoms. The fourth-order valence-corrected chi connectivity index (χ4v) is 0.602. The van der Waals surface area contributed by atoms with E-state index in [1.807, 2.05) is 0 Å². The van der Waals surface area contributed by atoms with Gasteiger partial charge in [0.2, 0.25) is 0 Å².